The van der Waals surface area contributed by atoms with E-state index in [1.807, 2.05) is 0 Å². The Hall–Kier alpha value is -0.860. The molecule has 2 aliphatic rings. The zero-order valence-corrected chi connectivity index (χ0v) is 11.1. The molecule has 0 aromatic heterocycles. The Morgan fingerprint density at radius 1 is 1.06 bits per heavy atom. The smallest absolute Gasteiger partial charge is 0.0310 e. The average molecular weight is 244 g/mol. The fraction of sp³-hybridized carbons (Fsp3) is 0.625. The Morgan fingerprint density at radius 2 is 1.78 bits per heavy atom. The zero-order chi connectivity index (χ0) is 12.4. The van der Waals surface area contributed by atoms with E-state index in [0.717, 1.165) is 5.92 Å². The van der Waals surface area contributed by atoms with Crippen molar-refractivity contribution in [3.05, 3.63) is 35.4 Å². The fourth-order valence-corrected chi connectivity index (χ4v) is 3.87. The van der Waals surface area contributed by atoms with Crippen LogP contribution in [-0.2, 0) is 6.42 Å². The first-order chi connectivity index (χ1) is 8.90. The molecule has 1 saturated carbocycles. The van der Waals surface area contributed by atoms with E-state index < -0.39 is 0 Å². The average Bonchev–Trinajstić information content (AvgIpc) is 2.65. The Labute approximate surface area is 110 Å². The van der Waals surface area contributed by atoms with Gasteiger partial charge in [-0.3, -0.25) is 11.3 Å². The number of benzene rings is 1. The van der Waals surface area contributed by atoms with Crippen LogP contribution in [0.5, 0.6) is 0 Å². The summed E-state index contributed by atoms with van der Waals surface area (Å²) in [7, 11) is 0. The molecule has 0 heterocycles. The van der Waals surface area contributed by atoms with Crippen molar-refractivity contribution in [2.75, 3.05) is 0 Å². The molecule has 3 rings (SSSR count). The van der Waals surface area contributed by atoms with Gasteiger partial charge in [-0.25, -0.2) is 0 Å². The van der Waals surface area contributed by atoms with Crippen molar-refractivity contribution in [1.82, 2.24) is 5.43 Å². The van der Waals surface area contributed by atoms with Gasteiger partial charge < -0.3 is 0 Å². The molecule has 2 atom stereocenters. The van der Waals surface area contributed by atoms with Crippen LogP contribution in [-0.4, -0.2) is 6.04 Å². The van der Waals surface area contributed by atoms with Crippen molar-refractivity contribution in [2.24, 2.45) is 11.8 Å². The molecular weight excluding hydrogens is 220 g/mol. The van der Waals surface area contributed by atoms with Crippen molar-refractivity contribution in [2.45, 2.75) is 56.9 Å². The number of fused-ring (bicyclic) bond motifs is 1. The summed E-state index contributed by atoms with van der Waals surface area (Å²) in [6.07, 6.45) is 9.52. The molecule has 0 radical (unpaired) electrons. The molecular formula is C16H24N2. The molecule has 0 saturated heterocycles. The van der Waals surface area contributed by atoms with Gasteiger partial charge in [0.25, 0.3) is 0 Å². The van der Waals surface area contributed by atoms with E-state index >= 15 is 0 Å². The topological polar surface area (TPSA) is 38.0 Å². The second kappa shape index (κ2) is 5.41. The number of hydrogen-bond donors (Lipinski definition) is 2. The predicted octanol–water partition coefficient (Wildman–Crippen LogP) is 3.13. The lowest BCUT2D eigenvalue weighted by Crippen LogP contribution is -2.48. The van der Waals surface area contributed by atoms with Gasteiger partial charge in [-0.05, 0) is 36.3 Å². The first-order valence-electron chi connectivity index (χ1n) is 7.44. The van der Waals surface area contributed by atoms with Crippen molar-refractivity contribution in [3.8, 4) is 0 Å². The highest BCUT2D eigenvalue weighted by atomic mass is 15.2. The first kappa shape index (κ1) is 12.2. The minimum atomic E-state index is 0.484. The molecule has 0 bridgehead atoms. The highest BCUT2D eigenvalue weighted by molar-refractivity contribution is 5.41. The van der Waals surface area contributed by atoms with Gasteiger partial charge in [-0.15, -0.1) is 0 Å². The maximum Gasteiger partial charge on any atom is 0.0310 e. The molecule has 98 valence electrons. The van der Waals surface area contributed by atoms with Crippen LogP contribution in [0.1, 0.15) is 55.6 Å². The highest BCUT2D eigenvalue weighted by Gasteiger charge is 2.36. The number of nitrogens with two attached hydrogens (primary N) is 1. The predicted molar refractivity (Wildman–Crippen MR) is 75.2 cm³/mol. The Kier molecular flexibility index (Phi) is 3.67. The minimum Gasteiger partial charge on any atom is -0.271 e. The monoisotopic (exact) mass is 244 g/mol. The maximum absolute atomic E-state index is 5.87. The van der Waals surface area contributed by atoms with E-state index in [1.165, 1.54) is 56.1 Å². The van der Waals surface area contributed by atoms with Crippen molar-refractivity contribution in [3.63, 3.8) is 0 Å². The van der Waals surface area contributed by atoms with Crippen LogP contribution in [0.3, 0.4) is 0 Å². The van der Waals surface area contributed by atoms with E-state index in [4.69, 9.17) is 5.84 Å². The second-order valence-electron chi connectivity index (χ2n) is 5.95. The van der Waals surface area contributed by atoms with Gasteiger partial charge in [-0.1, -0.05) is 49.9 Å². The summed E-state index contributed by atoms with van der Waals surface area (Å²) in [5.41, 5.74) is 6.20. The molecule has 2 heteroatoms. The molecule has 1 aromatic carbocycles. The molecule has 3 N–H and O–H groups in total. The Morgan fingerprint density at radius 3 is 2.44 bits per heavy atom. The molecule has 1 aromatic rings. The van der Waals surface area contributed by atoms with E-state index in [1.54, 1.807) is 0 Å². The van der Waals surface area contributed by atoms with Crippen LogP contribution in [0, 0.1) is 5.92 Å². The van der Waals surface area contributed by atoms with E-state index in [2.05, 4.69) is 29.7 Å². The summed E-state index contributed by atoms with van der Waals surface area (Å²) in [6, 6.07) is 9.33. The second-order valence-corrected chi connectivity index (χ2v) is 5.95. The third kappa shape index (κ3) is 2.19. The van der Waals surface area contributed by atoms with E-state index in [9.17, 15) is 0 Å². The molecule has 2 nitrogen and oxygen atoms in total. The summed E-state index contributed by atoms with van der Waals surface area (Å²) in [6.45, 7) is 0. The van der Waals surface area contributed by atoms with Crippen LogP contribution >= 0.6 is 0 Å². The fourth-order valence-electron chi connectivity index (χ4n) is 3.87. The Bertz CT molecular complexity index is 394. The van der Waals surface area contributed by atoms with Gasteiger partial charge in [0.15, 0.2) is 0 Å². The molecule has 0 amide bonds. The number of hydrazine groups is 1. The van der Waals surface area contributed by atoms with Crippen LogP contribution < -0.4 is 11.3 Å². The van der Waals surface area contributed by atoms with Gasteiger partial charge in [0.2, 0.25) is 0 Å². The van der Waals surface area contributed by atoms with Crippen molar-refractivity contribution >= 4 is 0 Å². The van der Waals surface area contributed by atoms with Crippen molar-refractivity contribution < 1.29 is 0 Å². The third-order valence-corrected chi connectivity index (χ3v) is 4.93. The van der Waals surface area contributed by atoms with Gasteiger partial charge in [0.1, 0.15) is 0 Å². The van der Waals surface area contributed by atoms with Crippen LogP contribution in [0.2, 0.25) is 0 Å². The molecule has 2 unspecified atom stereocenters. The summed E-state index contributed by atoms with van der Waals surface area (Å²) < 4.78 is 0. The first-order valence-corrected chi connectivity index (χ1v) is 7.44. The molecule has 0 spiro atoms. The van der Waals surface area contributed by atoms with Crippen LogP contribution in [0.25, 0.3) is 0 Å². The summed E-state index contributed by atoms with van der Waals surface area (Å²) in [5.74, 6) is 7.29. The number of rotatable bonds is 3. The summed E-state index contributed by atoms with van der Waals surface area (Å²) >= 11 is 0. The van der Waals surface area contributed by atoms with Gasteiger partial charge in [0, 0.05) is 12.0 Å². The summed E-state index contributed by atoms with van der Waals surface area (Å²) in [4.78, 5) is 0. The van der Waals surface area contributed by atoms with Gasteiger partial charge in [0.05, 0.1) is 0 Å². The van der Waals surface area contributed by atoms with Crippen LogP contribution in [0.4, 0.5) is 0 Å². The molecule has 18 heavy (non-hydrogen) atoms. The Balaban J connectivity index is 1.73. The largest absolute Gasteiger partial charge is 0.271 e. The molecule has 0 aliphatic heterocycles. The molecule has 1 fully saturated rings. The van der Waals surface area contributed by atoms with Gasteiger partial charge >= 0.3 is 0 Å². The third-order valence-electron chi connectivity index (χ3n) is 4.93. The number of nitrogens with one attached hydrogen (secondary N) is 1. The number of hydrogen-bond acceptors (Lipinski definition) is 2. The lowest BCUT2D eigenvalue weighted by atomic mass is 9.69. The quantitative estimate of drug-likeness (QED) is 0.487. The normalized spacial score (nSPS) is 25.9. The van der Waals surface area contributed by atoms with Gasteiger partial charge in [-0.2, -0.15) is 0 Å². The van der Waals surface area contributed by atoms with Crippen LogP contribution in [0.15, 0.2) is 24.3 Å². The lowest BCUT2D eigenvalue weighted by Gasteiger charge is -2.40. The van der Waals surface area contributed by atoms with E-state index in [0.29, 0.717) is 12.0 Å². The maximum atomic E-state index is 5.87. The standard InChI is InChI=1S/C16H24N2/c17-18-16(12-7-3-1-2-4-8-12)15-11-13-9-5-6-10-14(13)15/h5-6,9-10,12,15-16,18H,1-4,7-8,11,17H2. The SMILES string of the molecule is NNC(C1CCCCCC1)C1Cc2ccccc21. The lowest BCUT2D eigenvalue weighted by molar-refractivity contribution is 0.266. The minimum absolute atomic E-state index is 0.484. The van der Waals surface area contributed by atoms with Crippen molar-refractivity contribution in [1.29, 1.82) is 0 Å². The zero-order valence-electron chi connectivity index (χ0n) is 11.1. The highest BCUT2D eigenvalue weighted by Crippen LogP contribution is 2.41. The molecule has 2 aliphatic carbocycles. The summed E-state index contributed by atoms with van der Waals surface area (Å²) in [5, 5.41) is 0. The van der Waals surface area contributed by atoms with E-state index in [-0.39, 0.29) is 0 Å².